The molecule has 0 aliphatic carbocycles. The predicted octanol–water partition coefficient (Wildman–Crippen LogP) is 5.10. The van der Waals surface area contributed by atoms with E-state index in [2.05, 4.69) is 56.3 Å². The first-order valence-corrected chi connectivity index (χ1v) is 9.02. The van der Waals surface area contributed by atoms with Crippen molar-refractivity contribution in [3.63, 3.8) is 0 Å². The second-order valence-corrected chi connectivity index (χ2v) is 7.18. The molecule has 24 heavy (non-hydrogen) atoms. The SMILES string of the molecule is Cc1cc(C)c(CSc2ccccc2C)cc1C=C(C#N)C(N)=S. The van der Waals surface area contributed by atoms with Crippen LogP contribution < -0.4 is 5.73 Å². The molecule has 0 aliphatic heterocycles. The second-order valence-electron chi connectivity index (χ2n) is 5.72. The molecule has 0 spiro atoms. The smallest absolute Gasteiger partial charge is 0.114 e. The van der Waals surface area contributed by atoms with Gasteiger partial charge >= 0.3 is 0 Å². The van der Waals surface area contributed by atoms with Gasteiger partial charge in [0.2, 0.25) is 0 Å². The molecular formula is C20H20N2S2. The van der Waals surface area contributed by atoms with Crippen molar-refractivity contribution in [1.82, 2.24) is 0 Å². The number of rotatable bonds is 5. The zero-order valence-corrected chi connectivity index (χ0v) is 15.7. The monoisotopic (exact) mass is 352 g/mol. The average Bonchev–Trinajstić information content (AvgIpc) is 2.54. The Kier molecular flexibility index (Phi) is 6.19. The molecule has 0 saturated heterocycles. The van der Waals surface area contributed by atoms with Crippen molar-refractivity contribution >= 4 is 35.0 Å². The van der Waals surface area contributed by atoms with Crippen molar-refractivity contribution in [2.75, 3.05) is 0 Å². The molecule has 0 atom stereocenters. The first-order valence-electron chi connectivity index (χ1n) is 7.62. The van der Waals surface area contributed by atoms with E-state index in [0.29, 0.717) is 5.57 Å². The van der Waals surface area contributed by atoms with Crippen LogP contribution in [0.25, 0.3) is 6.08 Å². The number of aryl methyl sites for hydroxylation is 3. The van der Waals surface area contributed by atoms with E-state index in [1.165, 1.54) is 21.6 Å². The third kappa shape index (κ3) is 4.47. The lowest BCUT2D eigenvalue weighted by Crippen LogP contribution is -2.09. The van der Waals surface area contributed by atoms with Crippen LogP contribution in [0, 0.1) is 32.1 Å². The largest absolute Gasteiger partial charge is 0.389 e. The molecule has 0 aromatic heterocycles. The maximum atomic E-state index is 9.17. The minimum Gasteiger partial charge on any atom is -0.389 e. The third-order valence-electron chi connectivity index (χ3n) is 3.89. The standard InChI is InChI=1S/C20H20N2S2/c1-13-6-4-5-7-19(13)24-12-18-10-16(14(2)8-15(18)3)9-17(11-21)20(22)23/h4-10H,12H2,1-3H3,(H2,22,23). The van der Waals surface area contributed by atoms with Crippen LogP contribution in [-0.2, 0) is 5.75 Å². The van der Waals surface area contributed by atoms with Gasteiger partial charge in [-0.25, -0.2) is 0 Å². The van der Waals surface area contributed by atoms with Gasteiger partial charge in [0.25, 0.3) is 0 Å². The number of hydrogen-bond acceptors (Lipinski definition) is 3. The minimum atomic E-state index is 0.133. The van der Waals surface area contributed by atoms with Gasteiger partial charge < -0.3 is 5.73 Å². The molecule has 2 rings (SSSR count). The number of benzene rings is 2. The fraction of sp³-hybridized carbons (Fsp3) is 0.200. The summed E-state index contributed by atoms with van der Waals surface area (Å²) in [6.07, 6.45) is 1.78. The fourth-order valence-corrected chi connectivity index (χ4v) is 3.61. The Morgan fingerprint density at radius 2 is 1.88 bits per heavy atom. The van der Waals surface area contributed by atoms with Gasteiger partial charge in [0.1, 0.15) is 11.1 Å². The molecule has 122 valence electrons. The molecule has 0 aliphatic rings. The van der Waals surface area contributed by atoms with Crippen molar-refractivity contribution in [2.24, 2.45) is 5.73 Å². The van der Waals surface area contributed by atoms with E-state index in [0.717, 1.165) is 16.9 Å². The van der Waals surface area contributed by atoms with Crippen molar-refractivity contribution in [2.45, 2.75) is 31.4 Å². The molecule has 0 heterocycles. The van der Waals surface area contributed by atoms with Gasteiger partial charge in [-0.2, -0.15) is 5.26 Å². The van der Waals surface area contributed by atoms with Crippen LogP contribution in [0.2, 0.25) is 0 Å². The van der Waals surface area contributed by atoms with Gasteiger partial charge in [0.15, 0.2) is 0 Å². The Morgan fingerprint density at radius 3 is 2.50 bits per heavy atom. The van der Waals surface area contributed by atoms with Crippen LogP contribution in [-0.4, -0.2) is 4.99 Å². The van der Waals surface area contributed by atoms with E-state index in [9.17, 15) is 0 Å². The second kappa shape index (κ2) is 8.14. The van der Waals surface area contributed by atoms with Gasteiger partial charge in [-0.3, -0.25) is 0 Å². The van der Waals surface area contributed by atoms with E-state index in [4.69, 9.17) is 23.2 Å². The molecule has 0 saturated carbocycles. The van der Waals surface area contributed by atoms with E-state index < -0.39 is 0 Å². The van der Waals surface area contributed by atoms with E-state index in [1.807, 2.05) is 18.7 Å². The van der Waals surface area contributed by atoms with Crippen molar-refractivity contribution in [1.29, 1.82) is 5.26 Å². The zero-order chi connectivity index (χ0) is 17.7. The molecule has 0 bridgehead atoms. The summed E-state index contributed by atoms with van der Waals surface area (Å²) < 4.78 is 0. The van der Waals surface area contributed by atoms with E-state index in [-0.39, 0.29) is 4.99 Å². The van der Waals surface area contributed by atoms with Gasteiger partial charge in [0, 0.05) is 10.6 Å². The minimum absolute atomic E-state index is 0.133. The van der Waals surface area contributed by atoms with Gasteiger partial charge in [-0.05, 0) is 60.7 Å². The van der Waals surface area contributed by atoms with Crippen LogP contribution in [0.1, 0.15) is 27.8 Å². The summed E-state index contributed by atoms with van der Waals surface area (Å²) in [5.41, 5.74) is 11.8. The molecule has 2 nitrogen and oxygen atoms in total. The highest BCUT2D eigenvalue weighted by molar-refractivity contribution is 7.98. The first-order chi connectivity index (χ1) is 11.4. The van der Waals surface area contributed by atoms with Crippen LogP contribution in [0.15, 0.2) is 46.9 Å². The molecule has 0 fully saturated rings. The molecule has 2 N–H and O–H groups in total. The Balaban J connectivity index is 2.32. The topological polar surface area (TPSA) is 49.8 Å². The number of nitriles is 1. The quantitative estimate of drug-likeness (QED) is 0.352. The van der Waals surface area contributed by atoms with Crippen molar-refractivity contribution in [3.05, 3.63) is 69.8 Å². The summed E-state index contributed by atoms with van der Waals surface area (Å²) in [4.78, 5) is 1.42. The van der Waals surface area contributed by atoms with E-state index in [1.54, 1.807) is 6.08 Å². The van der Waals surface area contributed by atoms with Crippen LogP contribution in [0.3, 0.4) is 0 Å². The maximum Gasteiger partial charge on any atom is 0.114 e. The van der Waals surface area contributed by atoms with E-state index >= 15 is 0 Å². The van der Waals surface area contributed by atoms with Gasteiger partial charge in [-0.1, -0.05) is 42.5 Å². The lowest BCUT2D eigenvalue weighted by molar-refractivity contribution is 1.25. The van der Waals surface area contributed by atoms with Crippen molar-refractivity contribution < 1.29 is 0 Å². The molecule has 4 heteroatoms. The summed E-state index contributed by atoms with van der Waals surface area (Å²) in [5.74, 6) is 0.882. The number of nitrogens with two attached hydrogens (primary N) is 1. The Morgan fingerprint density at radius 1 is 1.17 bits per heavy atom. The Labute approximate surface area is 153 Å². The summed E-state index contributed by atoms with van der Waals surface area (Å²) in [7, 11) is 0. The Hall–Kier alpha value is -2.09. The molecular weight excluding hydrogens is 332 g/mol. The highest BCUT2D eigenvalue weighted by Crippen LogP contribution is 2.28. The molecule has 0 radical (unpaired) electrons. The summed E-state index contributed by atoms with van der Waals surface area (Å²) >= 11 is 6.75. The first kappa shape index (κ1) is 18.3. The van der Waals surface area contributed by atoms with Crippen molar-refractivity contribution in [3.8, 4) is 6.07 Å². The summed E-state index contributed by atoms with van der Waals surface area (Å²) in [5, 5.41) is 9.17. The number of nitrogens with zero attached hydrogens (tertiary/aromatic N) is 1. The lowest BCUT2D eigenvalue weighted by atomic mass is 9.99. The molecule has 0 amide bonds. The molecule has 2 aromatic carbocycles. The molecule has 0 unspecified atom stereocenters. The normalized spacial score (nSPS) is 11.2. The van der Waals surface area contributed by atoms with Crippen LogP contribution in [0.5, 0.6) is 0 Å². The maximum absolute atomic E-state index is 9.17. The average molecular weight is 353 g/mol. The number of thiocarbonyl (C=S) groups is 1. The lowest BCUT2D eigenvalue weighted by Gasteiger charge is -2.11. The highest BCUT2D eigenvalue weighted by Gasteiger charge is 2.07. The Bertz CT molecular complexity index is 845. The molecule has 2 aromatic rings. The number of hydrogen-bond donors (Lipinski definition) is 1. The zero-order valence-electron chi connectivity index (χ0n) is 14.1. The third-order valence-corrected chi connectivity index (χ3v) is 5.33. The van der Waals surface area contributed by atoms with Crippen LogP contribution >= 0.6 is 24.0 Å². The van der Waals surface area contributed by atoms with Gasteiger partial charge in [0.05, 0.1) is 5.57 Å². The highest BCUT2D eigenvalue weighted by atomic mass is 32.2. The fourth-order valence-electron chi connectivity index (χ4n) is 2.42. The van der Waals surface area contributed by atoms with Gasteiger partial charge in [-0.15, -0.1) is 11.8 Å². The summed E-state index contributed by atoms with van der Waals surface area (Å²) in [6.45, 7) is 6.28. The van der Waals surface area contributed by atoms with Crippen LogP contribution in [0.4, 0.5) is 0 Å². The summed E-state index contributed by atoms with van der Waals surface area (Å²) in [6, 6.07) is 14.7. The predicted molar refractivity (Wildman–Crippen MR) is 107 cm³/mol. The number of thioether (sulfide) groups is 1.